The van der Waals surface area contributed by atoms with Crippen molar-refractivity contribution in [3.8, 4) is 0 Å². The third-order valence-electron chi connectivity index (χ3n) is 4.42. The minimum absolute atomic E-state index is 0.215. The Morgan fingerprint density at radius 1 is 1.26 bits per heavy atom. The summed E-state index contributed by atoms with van der Waals surface area (Å²) < 4.78 is 13.5. The number of hydrogen-bond acceptors (Lipinski definition) is 2. The quantitative estimate of drug-likeness (QED) is 0.906. The smallest absolute Gasteiger partial charge is 0.255 e. The molecule has 0 radical (unpaired) electrons. The lowest BCUT2D eigenvalue weighted by Crippen LogP contribution is -2.13. The molecule has 3 rings (SSSR count). The molecule has 3 nitrogen and oxygen atoms in total. The highest BCUT2D eigenvalue weighted by molar-refractivity contribution is 6.04. The van der Waals surface area contributed by atoms with Crippen molar-refractivity contribution < 1.29 is 9.18 Å². The van der Waals surface area contributed by atoms with Crippen LogP contribution in [0.15, 0.2) is 42.5 Å². The Morgan fingerprint density at radius 2 is 2.04 bits per heavy atom. The van der Waals surface area contributed by atoms with Crippen molar-refractivity contribution in [3.05, 3.63) is 65.0 Å². The molecule has 4 heteroatoms. The van der Waals surface area contributed by atoms with Gasteiger partial charge in [-0.05, 0) is 68.6 Å². The van der Waals surface area contributed by atoms with Crippen LogP contribution in [0, 0.1) is 18.7 Å². The van der Waals surface area contributed by atoms with E-state index in [1.54, 1.807) is 19.1 Å². The fourth-order valence-corrected chi connectivity index (χ4v) is 2.95. The van der Waals surface area contributed by atoms with E-state index in [9.17, 15) is 9.18 Å². The summed E-state index contributed by atoms with van der Waals surface area (Å²) in [6.45, 7) is 3.82. The molecule has 1 heterocycles. The molecule has 1 aliphatic heterocycles. The normalized spacial score (nSPS) is 17.2. The molecule has 23 heavy (non-hydrogen) atoms. The van der Waals surface area contributed by atoms with Gasteiger partial charge in [0.25, 0.3) is 5.91 Å². The molecule has 2 N–H and O–H groups in total. The van der Waals surface area contributed by atoms with Crippen LogP contribution in [-0.2, 0) is 6.42 Å². The Balaban J connectivity index is 1.66. The van der Waals surface area contributed by atoms with Crippen molar-refractivity contribution in [2.24, 2.45) is 5.92 Å². The van der Waals surface area contributed by atoms with E-state index in [1.165, 1.54) is 18.1 Å². The van der Waals surface area contributed by atoms with Gasteiger partial charge in [0.1, 0.15) is 5.82 Å². The maximum Gasteiger partial charge on any atom is 0.255 e. The zero-order valence-corrected chi connectivity index (χ0v) is 13.2. The highest BCUT2D eigenvalue weighted by atomic mass is 19.1. The fourth-order valence-electron chi connectivity index (χ4n) is 2.95. The zero-order chi connectivity index (χ0) is 16.2. The summed E-state index contributed by atoms with van der Waals surface area (Å²) in [5, 5.41) is 6.14. The van der Waals surface area contributed by atoms with Gasteiger partial charge < -0.3 is 10.6 Å². The third kappa shape index (κ3) is 3.77. The van der Waals surface area contributed by atoms with Gasteiger partial charge in [-0.1, -0.05) is 18.2 Å². The number of benzene rings is 2. The summed E-state index contributed by atoms with van der Waals surface area (Å²) in [7, 11) is 0. The van der Waals surface area contributed by atoms with E-state index in [-0.39, 0.29) is 11.7 Å². The fraction of sp³-hybridized carbons (Fsp3) is 0.316. The van der Waals surface area contributed by atoms with Crippen molar-refractivity contribution in [2.75, 3.05) is 18.4 Å². The lowest BCUT2D eigenvalue weighted by molar-refractivity contribution is 0.102. The summed E-state index contributed by atoms with van der Waals surface area (Å²) in [6.07, 6.45) is 2.25. The summed E-state index contributed by atoms with van der Waals surface area (Å²) in [5.41, 5.74) is 2.79. The number of nitrogens with one attached hydrogen (secondary N) is 2. The largest absolute Gasteiger partial charge is 0.322 e. The number of amides is 1. The molecular formula is C19H21FN2O. The Hall–Kier alpha value is -2.20. The number of rotatable bonds is 4. The van der Waals surface area contributed by atoms with Crippen LogP contribution in [0.5, 0.6) is 0 Å². The first-order valence-electron chi connectivity index (χ1n) is 7.99. The zero-order valence-electron chi connectivity index (χ0n) is 13.2. The number of hydrogen-bond donors (Lipinski definition) is 2. The van der Waals surface area contributed by atoms with Crippen LogP contribution in [0.1, 0.15) is 27.9 Å². The standard InChI is InChI=1S/C19H21FN2O/c1-13-17(20)3-2-4-18(13)22-19(23)16-7-5-14(6-8-16)11-15-9-10-21-12-15/h2-8,15,21H,9-12H2,1H3,(H,22,23). The van der Waals surface area contributed by atoms with E-state index in [2.05, 4.69) is 10.6 Å². The van der Waals surface area contributed by atoms with Crippen molar-refractivity contribution >= 4 is 11.6 Å². The molecule has 0 bridgehead atoms. The SMILES string of the molecule is Cc1c(F)cccc1NC(=O)c1ccc(CC2CCNC2)cc1. The summed E-state index contributed by atoms with van der Waals surface area (Å²) in [5.74, 6) is 0.153. The maximum absolute atomic E-state index is 13.5. The molecule has 1 saturated heterocycles. The lowest BCUT2D eigenvalue weighted by atomic mass is 9.98. The van der Waals surface area contributed by atoms with E-state index >= 15 is 0 Å². The van der Waals surface area contributed by atoms with Crippen LogP contribution >= 0.6 is 0 Å². The molecule has 120 valence electrons. The van der Waals surface area contributed by atoms with E-state index in [0.29, 0.717) is 22.7 Å². The molecule has 1 atom stereocenters. The lowest BCUT2D eigenvalue weighted by Gasteiger charge is -2.11. The van der Waals surface area contributed by atoms with E-state index < -0.39 is 0 Å². The van der Waals surface area contributed by atoms with Crippen LogP contribution in [0.4, 0.5) is 10.1 Å². The monoisotopic (exact) mass is 312 g/mol. The summed E-state index contributed by atoms with van der Waals surface area (Å²) in [4.78, 5) is 12.3. The summed E-state index contributed by atoms with van der Waals surface area (Å²) >= 11 is 0. The molecular weight excluding hydrogens is 291 g/mol. The van der Waals surface area contributed by atoms with Crippen molar-refractivity contribution in [1.29, 1.82) is 0 Å². The van der Waals surface area contributed by atoms with Gasteiger partial charge in [-0.2, -0.15) is 0 Å². The first-order valence-corrected chi connectivity index (χ1v) is 7.99. The molecule has 0 spiro atoms. The minimum Gasteiger partial charge on any atom is -0.322 e. The molecule has 0 aliphatic carbocycles. The molecule has 2 aromatic carbocycles. The molecule has 2 aromatic rings. The number of anilines is 1. The molecule has 0 aromatic heterocycles. The van der Waals surface area contributed by atoms with Crippen molar-refractivity contribution in [1.82, 2.24) is 5.32 Å². The van der Waals surface area contributed by atoms with Gasteiger partial charge >= 0.3 is 0 Å². The molecule has 1 amide bonds. The second-order valence-electron chi connectivity index (χ2n) is 6.13. The highest BCUT2D eigenvalue weighted by Crippen LogP contribution is 2.19. The highest BCUT2D eigenvalue weighted by Gasteiger charge is 2.15. The average Bonchev–Trinajstić information content (AvgIpc) is 3.05. The van der Waals surface area contributed by atoms with E-state index in [4.69, 9.17) is 0 Å². The van der Waals surface area contributed by atoms with Crippen LogP contribution < -0.4 is 10.6 Å². The Kier molecular flexibility index (Phi) is 4.72. The first-order chi connectivity index (χ1) is 11.1. The van der Waals surface area contributed by atoms with Gasteiger partial charge in [0.05, 0.1) is 0 Å². The molecule has 0 saturated carbocycles. The van der Waals surface area contributed by atoms with Gasteiger partial charge in [0, 0.05) is 16.8 Å². The Bertz CT molecular complexity index is 691. The predicted molar refractivity (Wildman–Crippen MR) is 90.2 cm³/mol. The van der Waals surface area contributed by atoms with Gasteiger partial charge in [-0.15, -0.1) is 0 Å². The average molecular weight is 312 g/mol. The number of halogens is 1. The van der Waals surface area contributed by atoms with Gasteiger partial charge in [0.2, 0.25) is 0 Å². The van der Waals surface area contributed by atoms with Crippen molar-refractivity contribution in [2.45, 2.75) is 19.8 Å². The van der Waals surface area contributed by atoms with E-state index in [1.807, 2.05) is 24.3 Å². The molecule has 1 aliphatic rings. The topological polar surface area (TPSA) is 41.1 Å². The van der Waals surface area contributed by atoms with E-state index in [0.717, 1.165) is 19.5 Å². The number of carbonyl (C=O) groups is 1. The van der Waals surface area contributed by atoms with Crippen molar-refractivity contribution in [3.63, 3.8) is 0 Å². The van der Waals surface area contributed by atoms with Crippen LogP contribution in [-0.4, -0.2) is 19.0 Å². The molecule has 1 fully saturated rings. The third-order valence-corrected chi connectivity index (χ3v) is 4.42. The second-order valence-corrected chi connectivity index (χ2v) is 6.13. The molecule has 1 unspecified atom stereocenters. The Labute approximate surface area is 135 Å². The first kappa shape index (κ1) is 15.7. The van der Waals surface area contributed by atoms with Gasteiger partial charge in [0.15, 0.2) is 0 Å². The Morgan fingerprint density at radius 3 is 2.74 bits per heavy atom. The number of carbonyl (C=O) groups excluding carboxylic acids is 1. The van der Waals surface area contributed by atoms with Crippen LogP contribution in [0.3, 0.4) is 0 Å². The van der Waals surface area contributed by atoms with Gasteiger partial charge in [-0.25, -0.2) is 4.39 Å². The summed E-state index contributed by atoms with van der Waals surface area (Å²) in [6, 6.07) is 12.4. The maximum atomic E-state index is 13.5. The van der Waals surface area contributed by atoms with Crippen LogP contribution in [0.2, 0.25) is 0 Å². The predicted octanol–water partition coefficient (Wildman–Crippen LogP) is 3.54. The second kappa shape index (κ2) is 6.92. The minimum atomic E-state index is -0.316. The van der Waals surface area contributed by atoms with Crippen LogP contribution in [0.25, 0.3) is 0 Å². The van der Waals surface area contributed by atoms with Gasteiger partial charge in [-0.3, -0.25) is 4.79 Å².